The van der Waals surface area contributed by atoms with E-state index in [1.807, 2.05) is 0 Å². The zero-order valence-corrected chi connectivity index (χ0v) is 12.3. The molecule has 0 aliphatic carbocycles. The van der Waals surface area contributed by atoms with E-state index in [2.05, 4.69) is 10.4 Å². The molecule has 1 fully saturated rings. The average molecular weight is 320 g/mol. The summed E-state index contributed by atoms with van der Waals surface area (Å²) in [5, 5.41) is 17.3. The highest BCUT2D eigenvalue weighted by molar-refractivity contribution is 6.02. The largest absolute Gasteiger partial charge is 0.433 e. The number of anilines is 1. The van der Waals surface area contributed by atoms with Crippen molar-refractivity contribution >= 4 is 17.5 Å². The van der Waals surface area contributed by atoms with Crippen molar-refractivity contribution in [1.82, 2.24) is 9.78 Å². The van der Waals surface area contributed by atoms with Gasteiger partial charge in [-0.05, 0) is 25.3 Å². The normalized spacial score (nSPS) is 17.8. The highest BCUT2D eigenvalue weighted by Crippen LogP contribution is 2.18. The van der Waals surface area contributed by atoms with Crippen LogP contribution in [0.1, 0.15) is 29.8 Å². The van der Waals surface area contributed by atoms with Crippen LogP contribution in [0.5, 0.6) is 0 Å². The Labute approximate surface area is 131 Å². The molecule has 0 spiro atoms. The number of furan rings is 1. The summed E-state index contributed by atoms with van der Waals surface area (Å²) < 4.78 is 12.2. The Morgan fingerprint density at radius 1 is 1.48 bits per heavy atom. The molecule has 0 radical (unpaired) electrons. The van der Waals surface area contributed by atoms with Crippen molar-refractivity contribution < 1.29 is 18.9 Å². The molecular weight excluding hydrogens is 304 g/mol. The molecule has 2 aromatic heterocycles. The third-order valence-electron chi connectivity index (χ3n) is 3.55. The number of aromatic nitrogens is 2. The van der Waals surface area contributed by atoms with Crippen LogP contribution in [0.15, 0.2) is 28.9 Å². The first kappa shape index (κ1) is 15.2. The number of nitrogens with zero attached hydrogens (tertiary/aromatic N) is 3. The molecular formula is C14H16N4O5. The van der Waals surface area contributed by atoms with Crippen LogP contribution in [0.3, 0.4) is 0 Å². The third kappa shape index (κ3) is 3.75. The number of hydrogen-bond donors (Lipinski definition) is 1. The Morgan fingerprint density at radius 2 is 2.35 bits per heavy atom. The van der Waals surface area contributed by atoms with E-state index in [1.165, 1.54) is 12.3 Å². The smallest absolute Gasteiger partial charge is 0.395 e. The maximum Gasteiger partial charge on any atom is 0.433 e. The minimum Gasteiger partial charge on any atom is -0.395 e. The lowest BCUT2D eigenvalue weighted by atomic mass is 10.1. The lowest BCUT2D eigenvalue weighted by Crippen LogP contribution is -2.24. The number of carbonyl (C=O) groups excluding carboxylic acids is 1. The number of nitrogens with one attached hydrogen (secondary N) is 1. The first-order chi connectivity index (χ1) is 11.1. The summed E-state index contributed by atoms with van der Waals surface area (Å²) in [6, 6.07) is 2.40. The maximum absolute atomic E-state index is 12.0. The lowest BCUT2D eigenvalue weighted by molar-refractivity contribution is -0.402. The van der Waals surface area contributed by atoms with Gasteiger partial charge in [-0.2, -0.15) is 5.10 Å². The maximum atomic E-state index is 12.0. The van der Waals surface area contributed by atoms with Gasteiger partial charge in [0.2, 0.25) is 0 Å². The van der Waals surface area contributed by atoms with E-state index < -0.39 is 16.7 Å². The van der Waals surface area contributed by atoms with Gasteiger partial charge in [0.15, 0.2) is 5.76 Å². The average Bonchev–Trinajstić information content (AvgIpc) is 3.18. The molecule has 9 nitrogen and oxygen atoms in total. The fourth-order valence-electron chi connectivity index (χ4n) is 2.43. The van der Waals surface area contributed by atoms with Crippen molar-refractivity contribution in [3.63, 3.8) is 0 Å². The monoisotopic (exact) mass is 320 g/mol. The van der Waals surface area contributed by atoms with Gasteiger partial charge >= 0.3 is 5.88 Å². The Kier molecular flexibility index (Phi) is 4.38. The molecule has 1 atom stereocenters. The molecule has 0 saturated carbocycles. The topological polar surface area (TPSA) is 112 Å². The summed E-state index contributed by atoms with van der Waals surface area (Å²) in [5.74, 6) is -1.16. The minimum absolute atomic E-state index is 0.125. The van der Waals surface area contributed by atoms with Gasteiger partial charge in [0.25, 0.3) is 5.91 Å². The number of carbonyl (C=O) groups is 1. The van der Waals surface area contributed by atoms with Crippen molar-refractivity contribution in [2.75, 3.05) is 11.9 Å². The number of hydrogen-bond acceptors (Lipinski definition) is 6. The second kappa shape index (κ2) is 6.61. The van der Waals surface area contributed by atoms with Gasteiger partial charge in [-0.25, -0.2) is 0 Å². The summed E-state index contributed by atoms with van der Waals surface area (Å²) in [4.78, 5) is 21.8. The van der Waals surface area contributed by atoms with Gasteiger partial charge in [0.05, 0.1) is 30.6 Å². The van der Waals surface area contributed by atoms with Crippen LogP contribution < -0.4 is 5.32 Å². The molecule has 1 saturated heterocycles. The van der Waals surface area contributed by atoms with E-state index in [9.17, 15) is 14.9 Å². The summed E-state index contributed by atoms with van der Waals surface area (Å²) in [5.41, 5.74) is 0.491. The van der Waals surface area contributed by atoms with Crippen LogP contribution in [0.4, 0.5) is 11.6 Å². The van der Waals surface area contributed by atoms with Crippen molar-refractivity contribution in [2.24, 2.45) is 0 Å². The van der Waals surface area contributed by atoms with Gasteiger partial charge < -0.3 is 14.5 Å². The fraction of sp³-hybridized carbons (Fsp3) is 0.429. The molecule has 1 aliphatic heterocycles. The summed E-state index contributed by atoms with van der Waals surface area (Å²) in [6.07, 6.45) is 6.57. The Hall–Kier alpha value is -2.68. The van der Waals surface area contributed by atoms with Crippen LogP contribution in [0, 0.1) is 10.1 Å². The molecule has 23 heavy (non-hydrogen) atoms. The molecule has 0 bridgehead atoms. The Bertz CT molecular complexity index is 702. The molecule has 122 valence electrons. The third-order valence-corrected chi connectivity index (χ3v) is 3.55. The molecule has 2 aromatic rings. The predicted octanol–water partition coefficient (Wildman–Crippen LogP) is 2.21. The van der Waals surface area contributed by atoms with Crippen molar-refractivity contribution in [1.29, 1.82) is 0 Å². The van der Waals surface area contributed by atoms with Gasteiger partial charge in [-0.1, -0.05) is 0 Å². The summed E-state index contributed by atoms with van der Waals surface area (Å²) in [7, 11) is 0. The van der Waals surface area contributed by atoms with Gasteiger partial charge in [0.1, 0.15) is 4.92 Å². The van der Waals surface area contributed by atoms with Crippen molar-refractivity contribution in [3.05, 3.63) is 40.4 Å². The Morgan fingerprint density at radius 3 is 3.04 bits per heavy atom. The molecule has 1 aliphatic rings. The lowest BCUT2D eigenvalue weighted by Gasteiger charge is -2.22. The van der Waals surface area contributed by atoms with E-state index >= 15 is 0 Å². The zero-order chi connectivity index (χ0) is 16.2. The van der Waals surface area contributed by atoms with Gasteiger partial charge in [0, 0.05) is 12.8 Å². The predicted molar refractivity (Wildman–Crippen MR) is 79.1 cm³/mol. The van der Waals surface area contributed by atoms with Crippen molar-refractivity contribution in [3.8, 4) is 0 Å². The standard InChI is InChI=1S/C14H16N4O5/c19-14(12-4-5-13(23-12)18(20)21)16-10-7-15-17(8-10)9-11-3-1-2-6-22-11/h4-5,7-8,11H,1-3,6,9H2,(H,16,19). The van der Waals surface area contributed by atoms with Crippen LogP contribution in [0.2, 0.25) is 0 Å². The highest BCUT2D eigenvalue weighted by Gasteiger charge is 2.18. The quantitative estimate of drug-likeness (QED) is 0.667. The molecule has 3 heterocycles. The second-order valence-electron chi connectivity index (χ2n) is 5.29. The zero-order valence-electron chi connectivity index (χ0n) is 12.3. The number of rotatable bonds is 5. The van der Waals surface area contributed by atoms with E-state index in [-0.39, 0.29) is 11.9 Å². The Balaban J connectivity index is 1.59. The fourth-order valence-corrected chi connectivity index (χ4v) is 2.43. The molecule has 9 heteroatoms. The first-order valence-electron chi connectivity index (χ1n) is 7.31. The number of nitro groups is 1. The van der Waals surface area contributed by atoms with Crippen LogP contribution >= 0.6 is 0 Å². The molecule has 1 N–H and O–H groups in total. The van der Waals surface area contributed by atoms with Crippen molar-refractivity contribution in [2.45, 2.75) is 31.9 Å². The SMILES string of the molecule is O=C(Nc1cnn(CC2CCCCO2)c1)c1ccc([N+](=O)[O-])o1. The van der Waals surface area contributed by atoms with E-state index in [1.54, 1.807) is 10.9 Å². The first-order valence-corrected chi connectivity index (χ1v) is 7.31. The van der Waals surface area contributed by atoms with E-state index in [4.69, 9.17) is 9.15 Å². The second-order valence-corrected chi connectivity index (χ2v) is 5.29. The molecule has 1 unspecified atom stereocenters. The van der Waals surface area contributed by atoms with Crippen LogP contribution in [-0.4, -0.2) is 33.3 Å². The van der Waals surface area contributed by atoms with E-state index in [0.29, 0.717) is 12.2 Å². The minimum atomic E-state index is -0.695. The van der Waals surface area contributed by atoms with Crippen LogP contribution in [0.25, 0.3) is 0 Å². The molecule has 3 rings (SSSR count). The summed E-state index contributed by atoms with van der Waals surface area (Å²) >= 11 is 0. The number of amides is 1. The molecule has 1 amide bonds. The summed E-state index contributed by atoms with van der Waals surface area (Å²) in [6.45, 7) is 1.40. The number of ether oxygens (including phenoxy) is 1. The van der Waals surface area contributed by atoms with E-state index in [0.717, 1.165) is 31.9 Å². The van der Waals surface area contributed by atoms with Gasteiger partial charge in [-0.15, -0.1) is 0 Å². The molecule has 0 aromatic carbocycles. The van der Waals surface area contributed by atoms with Crippen LogP contribution in [-0.2, 0) is 11.3 Å². The highest BCUT2D eigenvalue weighted by atomic mass is 16.6. The van der Waals surface area contributed by atoms with Gasteiger partial charge in [-0.3, -0.25) is 19.6 Å².